The normalized spacial score (nSPS) is 13.1. The fourth-order valence-corrected chi connectivity index (χ4v) is 4.51. The first kappa shape index (κ1) is 19.6. The number of carbonyl (C=O) groups is 1. The molecule has 3 aromatic rings. The first-order valence-corrected chi connectivity index (χ1v) is 10.5. The van der Waals surface area contributed by atoms with Gasteiger partial charge in [0.1, 0.15) is 17.2 Å². The smallest absolute Gasteiger partial charge is 0.409 e. The summed E-state index contributed by atoms with van der Waals surface area (Å²) in [5.41, 5.74) is 4.56. The van der Waals surface area contributed by atoms with Crippen molar-refractivity contribution in [2.45, 2.75) is 31.9 Å². The fourth-order valence-electron chi connectivity index (χ4n) is 3.67. The maximum Gasteiger partial charge on any atom is 0.409 e. The van der Waals surface area contributed by atoms with Crippen molar-refractivity contribution in [3.63, 3.8) is 0 Å². The molecule has 4 rings (SSSR count). The van der Waals surface area contributed by atoms with E-state index >= 15 is 0 Å². The standard InChI is InChI=1S/C23H24N2O3S/c1-23(2,27)21-24-15(14-29-21)12-25(3)22(26)28-13-20-18-10-6-4-8-16(18)17-9-5-7-11-19(17)20/h4-11,14,20,27H,12-13H2,1-3H3. The van der Waals surface area contributed by atoms with Gasteiger partial charge in [-0.3, -0.25) is 0 Å². The minimum atomic E-state index is -0.981. The van der Waals surface area contributed by atoms with Gasteiger partial charge < -0.3 is 14.7 Å². The van der Waals surface area contributed by atoms with Gasteiger partial charge in [0.05, 0.1) is 12.2 Å². The Balaban J connectivity index is 1.43. The number of fused-ring (bicyclic) bond motifs is 3. The van der Waals surface area contributed by atoms with Gasteiger partial charge in [-0.15, -0.1) is 11.3 Å². The number of aliphatic hydroxyl groups is 1. The van der Waals surface area contributed by atoms with Gasteiger partial charge in [0, 0.05) is 18.3 Å². The molecule has 1 heterocycles. The zero-order valence-corrected chi connectivity index (χ0v) is 17.6. The lowest BCUT2D eigenvalue weighted by Crippen LogP contribution is -2.28. The summed E-state index contributed by atoms with van der Waals surface area (Å²) in [7, 11) is 1.70. The van der Waals surface area contributed by atoms with Crippen molar-refractivity contribution in [3.05, 3.63) is 75.7 Å². The first-order chi connectivity index (χ1) is 13.8. The van der Waals surface area contributed by atoms with Crippen LogP contribution in [-0.4, -0.2) is 34.7 Å². The Morgan fingerprint density at radius 2 is 1.72 bits per heavy atom. The Kier molecular flexibility index (Phi) is 5.15. The van der Waals surface area contributed by atoms with E-state index in [4.69, 9.17) is 4.74 Å². The SMILES string of the molecule is CN(Cc1csc(C(C)(C)O)n1)C(=O)OCC1c2ccccc2-c2ccccc21. The van der Waals surface area contributed by atoms with Crippen LogP contribution in [-0.2, 0) is 16.9 Å². The highest BCUT2D eigenvalue weighted by atomic mass is 32.1. The molecule has 29 heavy (non-hydrogen) atoms. The van der Waals surface area contributed by atoms with Crippen LogP contribution >= 0.6 is 11.3 Å². The van der Waals surface area contributed by atoms with E-state index in [1.54, 1.807) is 20.9 Å². The van der Waals surface area contributed by atoms with Crippen molar-refractivity contribution in [2.75, 3.05) is 13.7 Å². The molecule has 6 heteroatoms. The predicted octanol–water partition coefficient (Wildman–Crippen LogP) is 4.75. The second-order valence-electron chi connectivity index (χ2n) is 7.86. The number of amides is 1. The number of nitrogens with zero attached hydrogens (tertiary/aromatic N) is 2. The molecule has 0 bridgehead atoms. The topological polar surface area (TPSA) is 62.7 Å². The van der Waals surface area contributed by atoms with Crippen LogP contribution in [0.25, 0.3) is 11.1 Å². The summed E-state index contributed by atoms with van der Waals surface area (Å²) < 4.78 is 5.66. The van der Waals surface area contributed by atoms with Gasteiger partial charge >= 0.3 is 6.09 Å². The summed E-state index contributed by atoms with van der Waals surface area (Å²) in [4.78, 5) is 18.5. The molecule has 0 aliphatic heterocycles. The predicted molar refractivity (Wildman–Crippen MR) is 114 cm³/mol. The van der Waals surface area contributed by atoms with E-state index in [0.29, 0.717) is 18.2 Å². The molecule has 0 saturated carbocycles. The Morgan fingerprint density at radius 1 is 1.14 bits per heavy atom. The molecule has 5 nitrogen and oxygen atoms in total. The molecule has 2 aromatic carbocycles. The monoisotopic (exact) mass is 408 g/mol. The molecule has 1 aromatic heterocycles. The van der Waals surface area contributed by atoms with Crippen LogP contribution in [0.3, 0.4) is 0 Å². The molecule has 1 amide bonds. The molecule has 0 fully saturated rings. The molecular formula is C23H24N2O3S. The van der Waals surface area contributed by atoms with Crippen LogP contribution in [0.15, 0.2) is 53.9 Å². The number of carbonyl (C=O) groups excluding carboxylic acids is 1. The van der Waals surface area contributed by atoms with E-state index in [1.807, 2.05) is 29.6 Å². The third-order valence-corrected chi connectivity index (χ3v) is 6.33. The Morgan fingerprint density at radius 3 is 2.28 bits per heavy atom. The summed E-state index contributed by atoms with van der Waals surface area (Å²) in [6, 6.07) is 16.6. The first-order valence-electron chi connectivity index (χ1n) is 9.58. The average molecular weight is 409 g/mol. The number of aromatic nitrogens is 1. The van der Waals surface area contributed by atoms with Gasteiger partial charge in [0.2, 0.25) is 0 Å². The van der Waals surface area contributed by atoms with Gasteiger partial charge in [0.25, 0.3) is 0 Å². The molecule has 1 N–H and O–H groups in total. The van der Waals surface area contributed by atoms with Crippen LogP contribution in [0.2, 0.25) is 0 Å². The summed E-state index contributed by atoms with van der Waals surface area (Å²) in [6.07, 6.45) is -0.385. The lowest BCUT2D eigenvalue weighted by molar-refractivity contribution is 0.0779. The second kappa shape index (κ2) is 7.61. The van der Waals surface area contributed by atoms with Crippen LogP contribution in [0, 0.1) is 0 Å². The van der Waals surface area contributed by atoms with Crippen LogP contribution in [0.4, 0.5) is 4.79 Å². The van der Waals surface area contributed by atoms with Gasteiger partial charge in [-0.25, -0.2) is 9.78 Å². The van der Waals surface area contributed by atoms with E-state index in [2.05, 4.69) is 29.2 Å². The summed E-state index contributed by atoms with van der Waals surface area (Å²) in [6.45, 7) is 4.03. The van der Waals surface area contributed by atoms with Crippen molar-refractivity contribution in [1.82, 2.24) is 9.88 Å². The lowest BCUT2D eigenvalue weighted by atomic mass is 9.98. The number of thiazole rings is 1. The summed E-state index contributed by atoms with van der Waals surface area (Å²) in [5.74, 6) is 0.0424. The Labute approximate surface area is 174 Å². The minimum absolute atomic E-state index is 0.0424. The molecule has 0 spiro atoms. The number of hydrogen-bond donors (Lipinski definition) is 1. The van der Waals surface area contributed by atoms with Gasteiger partial charge in [-0.2, -0.15) is 0 Å². The molecule has 0 saturated heterocycles. The number of ether oxygens (including phenoxy) is 1. The van der Waals surface area contributed by atoms with Crippen molar-refractivity contribution >= 4 is 17.4 Å². The quantitative estimate of drug-likeness (QED) is 0.662. The zero-order chi connectivity index (χ0) is 20.6. The summed E-state index contributed by atoms with van der Waals surface area (Å²) in [5, 5.41) is 12.5. The van der Waals surface area contributed by atoms with Crippen LogP contribution in [0.5, 0.6) is 0 Å². The van der Waals surface area contributed by atoms with E-state index in [9.17, 15) is 9.90 Å². The highest BCUT2D eigenvalue weighted by Crippen LogP contribution is 2.44. The number of rotatable bonds is 5. The minimum Gasteiger partial charge on any atom is -0.448 e. The van der Waals surface area contributed by atoms with Gasteiger partial charge in [0.15, 0.2) is 0 Å². The number of hydrogen-bond acceptors (Lipinski definition) is 5. The third kappa shape index (κ3) is 3.91. The van der Waals surface area contributed by atoms with Crippen molar-refractivity contribution in [3.8, 4) is 11.1 Å². The summed E-state index contributed by atoms with van der Waals surface area (Å²) >= 11 is 1.39. The fraction of sp³-hybridized carbons (Fsp3) is 0.304. The van der Waals surface area contributed by atoms with Crippen molar-refractivity contribution in [2.24, 2.45) is 0 Å². The van der Waals surface area contributed by atoms with E-state index in [1.165, 1.54) is 38.5 Å². The molecule has 0 unspecified atom stereocenters. The number of benzene rings is 2. The molecule has 1 aliphatic carbocycles. The van der Waals surface area contributed by atoms with Crippen molar-refractivity contribution in [1.29, 1.82) is 0 Å². The Hall–Kier alpha value is -2.70. The largest absolute Gasteiger partial charge is 0.448 e. The highest BCUT2D eigenvalue weighted by Gasteiger charge is 2.29. The molecule has 1 aliphatic rings. The second-order valence-corrected chi connectivity index (χ2v) is 8.72. The van der Waals surface area contributed by atoms with E-state index in [-0.39, 0.29) is 12.0 Å². The van der Waals surface area contributed by atoms with Crippen molar-refractivity contribution < 1.29 is 14.6 Å². The third-order valence-electron chi connectivity index (χ3n) is 5.12. The zero-order valence-electron chi connectivity index (χ0n) is 16.8. The van der Waals surface area contributed by atoms with Crippen LogP contribution in [0.1, 0.15) is 41.6 Å². The van der Waals surface area contributed by atoms with E-state index < -0.39 is 5.60 Å². The molecular weight excluding hydrogens is 384 g/mol. The maximum atomic E-state index is 12.6. The molecule has 0 radical (unpaired) electrons. The maximum absolute atomic E-state index is 12.6. The van der Waals surface area contributed by atoms with Gasteiger partial charge in [-0.1, -0.05) is 48.5 Å². The molecule has 0 atom stereocenters. The van der Waals surface area contributed by atoms with Crippen LogP contribution < -0.4 is 0 Å². The molecule has 150 valence electrons. The lowest BCUT2D eigenvalue weighted by Gasteiger charge is -2.19. The Bertz CT molecular complexity index is 993. The van der Waals surface area contributed by atoms with E-state index in [0.717, 1.165) is 5.69 Å². The average Bonchev–Trinajstić information content (AvgIpc) is 3.29. The van der Waals surface area contributed by atoms with Gasteiger partial charge in [-0.05, 0) is 36.1 Å². The highest BCUT2D eigenvalue weighted by molar-refractivity contribution is 7.09.